The van der Waals surface area contributed by atoms with E-state index in [1.165, 1.54) is 0 Å². The number of amides is 1. The van der Waals surface area contributed by atoms with Crippen LogP contribution in [0.3, 0.4) is 0 Å². The number of hydrogen-bond acceptors (Lipinski definition) is 3. The first kappa shape index (κ1) is 10.4. The highest BCUT2D eigenvalue weighted by Crippen LogP contribution is 2.06. The Morgan fingerprint density at radius 3 is 3.06 bits per heavy atom. The van der Waals surface area contributed by atoms with E-state index in [4.69, 9.17) is 0 Å². The van der Waals surface area contributed by atoms with Gasteiger partial charge in [-0.15, -0.1) is 0 Å². The van der Waals surface area contributed by atoms with Crippen LogP contribution in [0.25, 0.3) is 5.69 Å². The van der Waals surface area contributed by atoms with Gasteiger partial charge in [0.05, 0.1) is 5.69 Å². The van der Waals surface area contributed by atoms with E-state index in [9.17, 15) is 4.79 Å². The van der Waals surface area contributed by atoms with Crippen LogP contribution in [-0.2, 0) is 0 Å². The zero-order valence-electron chi connectivity index (χ0n) is 8.92. The minimum atomic E-state index is -0.170. The van der Waals surface area contributed by atoms with Gasteiger partial charge in [-0.1, -0.05) is 0 Å². The van der Waals surface area contributed by atoms with E-state index in [1.807, 2.05) is 19.2 Å². The van der Waals surface area contributed by atoms with Gasteiger partial charge in [-0.25, -0.2) is 4.68 Å². The van der Waals surface area contributed by atoms with E-state index in [0.29, 0.717) is 12.2 Å². The first-order chi connectivity index (χ1) is 7.81. The lowest BCUT2D eigenvalue weighted by molar-refractivity contribution is 0.0951. The number of nitrogens with zero attached hydrogens (tertiary/aromatic N) is 3. The molecule has 5 nitrogen and oxygen atoms in total. The van der Waals surface area contributed by atoms with Crippen LogP contribution < -0.4 is 5.32 Å². The number of hydrogen-bond donors (Lipinski definition) is 1. The standard InChI is InChI=1S/C11H12N4O/c1-2-12-11(16)10-8-9(4-6-13-10)15-7-3-5-14-15/h3-8H,2H2,1H3,(H,12,16). The summed E-state index contributed by atoms with van der Waals surface area (Å²) < 4.78 is 1.68. The highest BCUT2D eigenvalue weighted by molar-refractivity contribution is 5.92. The normalized spacial score (nSPS) is 10.1. The zero-order valence-corrected chi connectivity index (χ0v) is 8.92. The number of aromatic nitrogens is 3. The van der Waals surface area contributed by atoms with E-state index in [0.717, 1.165) is 5.69 Å². The molecule has 0 aromatic carbocycles. The number of rotatable bonds is 3. The summed E-state index contributed by atoms with van der Waals surface area (Å²) in [7, 11) is 0. The fourth-order valence-electron chi connectivity index (χ4n) is 1.36. The number of carbonyl (C=O) groups is 1. The molecule has 0 aliphatic rings. The molecule has 0 fully saturated rings. The molecular weight excluding hydrogens is 204 g/mol. The van der Waals surface area contributed by atoms with Gasteiger partial charge in [0, 0.05) is 25.1 Å². The van der Waals surface area contributed by atoms with E-state index in [2.05, 4.69) is 15.4 Å². The Morgan fingerprint density at radius 2 is 2.38 bits per heavy atom. The molecule has 5 heteroatoms. The van der Waals surface area contributed by atoms with Crippen molar-refractivity contribution in [2.24, 2.45) is 0 Å². The molecule has 0 atom stereocenters. The molecule has 2 aromatic rings. The van der Waals surface area contributed by atoms with Gasteiger partial charge < -0.3 is 5.32 Å². The molecule has 1 amide bonds. The summed E-state index contributed by atoms with van der Waals surface area (Å²) in [6.45, 7) is 2.46. The molecule has 0 saturated heterocycles. The van der Waals surface area contributed by atoms with Gasteiger partial charge in [0.2, 0.25) is 0 Å². The monoisotopic (exact) mass is 216 g/mol. The van der Waals surface area contributed by atoms with Crippen molar-refractivity contribution in [2.75, 3.05) is 6.54 Å². The van der Waals surface area contributed by atoms with Crippen molar-refractivity contribution in [2.45, 2.75) is 6.92 Å². The van der Waals surface area contributed by atoms with Crippen LogP contribution in [0.1, 0.15) is 17.4 Å². The molecular formula is C11H12N4O. The molecule has 82 valence electrons. The zero-order chi connectivity index (χ0) is 11.4. The molecule has 1 N–H and O–H groups in total. The highest BCUT2D eigenvalue weighted by Gasteiger charge is 2.06. The summed E-state index contributed by atoms with van der Waals surface area (Å²) >= 11 is 0. The Hall–Kier alpha value is -2.17. The van der Waals surface area contributed by atoms with Crippen LogP contribution >= 0.6 is 0 Å². The molecule has 0 aliphatic carbocycles. The van der Waals surface area contributed by atoms with Crippen LogP contribution in [0.5, 0.6) is 0 Å². The smallest absolute Gasteiger partial charge is 0.269 e. The second-order valence-electron chi connectivity index (χ2n) is 3.21. The predicted molar refractivity (Wildman–Crippen MR) is 59.4 cm³/mol. The second-order valence-corrected chi connectivity index (χ2v) is 3.21. The summed E-state index contributed by atoms with van der Waals surface area (Å²) in [6.07, 6.45) is 5.10. The molecule has 2 rings (SSSR count). The molecule has 0 bridgehead atoms. The Bertz CT molecular complexity index is 478. The Morgan fingerprint density at radius 1 is 1.50 bits per heavy atom. The third-order valence-electron chi connectivity index (χ3n) is 2.08. The Balaban J connectivity index is 2.30. The highest BCUT2D eigenvalue weighted by atomic mass is 16.1. The lowest BCUT2D eigenvalue weighted by Gasteiger charge is -2.04. The summed E-state index contributed by atoms with van der Waals surface area (Å²) in [4.78, 5) is 15.6. The van der Waals surface area contributed by atoms with Crippen LogP contribution in [0.15, 0.2) is 36.8 Å². The van der Waals surface area contributed by atoms with Crippen molar-refractivity contribution in [3.05, 3.63) is 42.5 Å². The average molecular weight is 216 g/mol. The molecule has 16 heavy (non-hydrogen) atoms. The Kier molecular flexibility index (Phi) is 2.95. The van der Waals surface area contributed by atoms with Crippen molar-refractivity contribution in [3.63, 3.8) is 0 Å². The number of pyridine rings is 1. The third-order valence-corrected chi connectivity index (χ3v) is 2.08. The third kappa shape index (κ3) is 2.08. The quantitative estimate of drug-likeness (QED) is 0.833. The molecule has 0 spiro atoms. The van der Waals surface area contributed by atoms with E-state index in [-0.39, 0.29) is 5.91 Å². The van der Waals surface area contributed by atoms with Gasteiger partial charge in [-0.3, -0.25) is 9.78 Å². The lowest BCUT2D eigenvalue weighted by atomic mass is 10.3. The maximum Gasteiger partial charge on any atom is 0.269 e. The van der Waals surface area contributed by atoms with E-state index >= 15 is 0 Å². The summed E-state index contributed by atoms with van der Waals surface area (Å²) in [5, 5.41) is 6.79. The van der Waals surface area contributed by atoms with Gasteiger partial charge >= 0.3 is 0 Å². The van der Waals surface area contributed by atoms with Crippen molar-refractivity contribution >= 4 is 5.91 Å². The fourth-order valence-corrected chi connectivity index (χ4v) is 1.36. The van der Waals surface area contributed by atoms with Gasteiger partial charge in [0.1, 0.15) is 5.69 Å². The molecule has 0 radical (unpaired) electrons. The van der Waals surface area contributed by atoms with Crippen molar-refractivity contribution < 1.29 is 4.79 Å². The summed E-state index contributed by atoms with van der Waals surface area (Å²) in [5.41, 5.74) is 1.22. The molecule has 2 heterocycles. The summed E-state index contributed by atoms with van der Waals surface area (Å²) in [5.74, 6) is -0.170. The maximum absolute atomic E-state index is 11.6. The van der Waals surface area contributed by atoms with Crippen LogP contribution in [0.2, 0.25) is 0 Å². The second kappa shape index (κ2) is 4.57. The van der Waals surface area contributed by atoms with Gasteiger partial charge in [0.15, 0.2) is 0 Å². The lowest BCUT2D eigenvalue weighted by Crippen LogP contribution is -2.23. The minimum Gasteiger partial charge on any atom is -0.351 e. The van der Waals surface area contributed by atoms with Crippen molar-refractivity contribution in [1.82, 2.24) is 20.1 Å². The van der Waals surface area contributed by atoms with Crippen LogP contribution in [0, 0.1) is 0 Å². The van der Waals surface area contributed by atoms with Gasteiger partial charge in [-0.2, -0.15) is 5.10 Å². The maximum atomic E-state index is 11.6. The summed E-state index contributed by atoms with van der Waals surface area (Å²) in [6, 6.07) is 5.33. The van der Waals surface area contributed by atoms with E-state index < -0.39 is 0 Å². The molecule has 0 unspecified atom stereocenters. The van der Waals surface area contributed by atoms with Crippen molar-refractivity contribution in [3.8, 4) is 5.69 Å². The van der Waals surface area contributed by atoms with Crippen molar-refractivity contribution in [1.29, 1.82) is 0 Å². The first-order valence-corrected chi connectivity index (χ1v) is 5.05. The molecule has 0 aliphatic heterocycles. The number of nitrogens with one attached hydrogen (secondary N) is 1. The van der Waals surface area contributed by atoms with Crippen LogP contribution in [0.4, 0.5) is 0 Å². The first-order valence-electron chi connectivity index (χ1n) is 5.05. The Labute approximate surface area is 93.1 Å². The fraction of sp³-hybridized carbons (Fsp3) is 0.182. The predicted octanol–water partition coefficient (Wildman–Crippen LogP) is 1.02. The molecule has 2 aromatic heterocycles. The average Bonchev–Trinajstić information content (AvgIpc) is 2.83. The minimum absolute atomic E-state index is 0.170. The largest absolute Gasteiger partial charge is 0.351 e. The van der Waals surface area contributed by atoms with E-state index in [1.54, 1.807) is 29.2 Å². The van der Waals surface area contributed by atoms with Crippen LogP contribution in [-0.4, -0.2) is 27.2 Å². The van der Waals surface area contributed by atoms with Gasteiger partial charge in [-0.05, 0) is 25.1 Å². The molecule has 0 saturated carbocycles. The topological polar surface area (TPSA) is 59.8 Å². The SMILES string of the molecule is CCNC(=O)c1cc(-n2cccn2)ccn1. The number of carbonyl (C=O) groups excluding carboxylic acids is 1. The van der Waals surface area contributed by atoms with Gasteiger partial charge in [0.25, 0.3) is 5.91 Å².